The lowest BCUT2D eigenvalue weighted by molar-refractivity contribution is -0.656. The van der Waals surface area contributed by atoms with E-state index in [-0.39, 0.29) is 0 Å². The maximum atomic E-state index is 3.17. The van der Waals surface area contributed by atoms with Gasteiger partial charge in [-0.15, -0.1) is 0 Å². The van der Waals surface area contributed by atoms with Crippen LogP contribution >= 0.6 is 0 Å². The molecule has 1 heterocycles. The van der Waals surface area contributed by atoms with E-state index in [0.29, 0.717) is 0 Å². The van der Waals surface area contributed by atoms with Gasteiger partial charge in [-0.2, -0.15) is 5.43 Å². The second-order valence-corrected chi connectivity index (χ2v) is 3.92. The van der Waals surface area contributed by atoms with Gasteiger partial charge in [0.15, 0.2) is 0 Å². The van der Waals surface area contributed by atoms with Crippen LogP contribution in [0.25, 0.3) is 0 Å². The summed E-state index contributed by atoms with van der Waals surface area (Å²) in [5.41, 5.74) is 8.45. The number of aryl methyl sites for hydroxylation is 2. The zero-order chi connectivity index (χ0) is 12.3. The van der Waals surface area contributed by atoms with E-state index in [4.69, 9.17) is 0 Å². The molecule has 0 fully saturated rings. The first kappa shape index (κ1) is 11.3. The van der Waals surface area contributed by atoms with Crippen molar-refractivity contribution in [1.29, 1.82) is 0 Å². The van der Waals surface area contributed by atoms with Gasteiger partial charge in [0.05, 0.1) is 32.2 Å². The molecule has 90 valence electrons. The highest BCUT2D eigenvalue weighted by atomic mass is 15.4. The summed E-state index contributed by atoms with van der Waals surface area (Å²) in [6.45, 7) is 0. The van der Waals surface area contributed by atoms with Crippen LogP contribution in [0, 0.1) is 0 Å². The molecule has 0 radical (unpaired) electrons. The van der Waals surface area contributed by atoms with Gasteiger partial charge >= 0.3 is 5.95 Å². The molecule has 0 amide bonds. The third-order valence-corrected chi connectivity index (χ3v) is 2.67. The van der Waals surface area contributed by atoms with Crippen molar-refractivity contribution in [2.24, 2.45) is 14.1 Å². The third kappa shape index (κ3) is 2.50. The lowest BCUT2D eigenvalue weighted by Gasteiger charge is -2.06. The predicted octanol–water partition coefficient (Wildman–Crippen LogP) is 1.33. The molecule has 0 aliphatic rings. The Morgan fingerprint density at radius 1 is 1.06 bits per heavy atom. The van der Waals surface area contributed by atoms with Crippen molar-refractivity contribution in [1.82, 2.24) is 4.57 Å². The summed E-state index contributed by atoms with van der Waals surface area (Å²) in [5.74, 6) is 0.989. The Morgan fingerprint density at radius 2 is 1.71 bits per heavy atom. The normalized spacial score (nSPS) is 10.1. The van der Waals surface area contributed by atoms with Gasteiger partial charge in [-0.3, -0.25) is 5.43 Å². The fourth-order valence-corrected chi connectivity index (χ4v) is 1.61. The van der Waals surface area contributed by atoms with Gasteiger partial charge in [0.2, 0.25) is 0 Å². The number of anilines is 3. The van der Waals surface area contributed by atoms with Crippen molar-refractivity contribution >= 4 is 17.3 Å². The number of imidazole rings is 1. The highest BCUT2D eigenvalue weighted by Gasteiger charge is 2.09. The van der Waals surface area contributed by atoms with Gasteiger partial charge in [-0.1, -0.05) is 0 Å². The van der Waals surface area contributed by atoms with E-state index in [9.17, 15) is 0 Å². The molecule has 0 saturated carbocycles. The van der Waals surface area contributed by atoms with Gasteiger partial charge in [0, 0.05) is 12.7 Å². The molecule has 0 bridgehead atoms. The molecule has 0 saturated heterocycles. The average molecular weight is 232 g/mol. The first-order valence-corrected chi connectivity index (χ1v) is 5.51. The quantitative estimate of drug-likeness (QED) is 0.550. The summed E-state index contributed by atoms with van der Waals surface area (Å²) in [5, 5.41) is 3.09. The second kappa shape index (κ2) is 4.78. The summed E-state index contributed by atoms with van der Waals surface area (Å²) in [6, 6.07) is 8.08. The summed E-state index contributed by atoms with van der Waals surface area (Å²) in [4.78, 5) is 0. The lowest BCUT2D eigenvalue weighted by Crippen LogP contribution is -2.32. The van der Waals surface area contributed by atoms with Crippen LogP contribution in [0.15, 0.2) is 36.7 Å². The number of hydrazine groups is 1. The van der Waals surface area contributed by atoms with Crippen LogP contribution in [-0.4, -0.2) is 11.6 Å². The number of nitrogens with one attached hydrogen (secondary N) is 3. The van der Waals surface area contributed by atoms with Crippen LogP contribution in [0.4, 0.5) is 17.3 Å². The molecule has 0 aliphatic carbocycles. The number of hydrogen-bond acceptors (Lipinski definition) is 3. The molecule has 5 heteroatoms. The smallest absolute Gasteiger partial charge is 0.378 e. The van der Waals surface area contributed by atoms with E-state index in [1.54, 1.807) is 0 Å². The van der Waals surface area contributed by atoms with Crippen molar-refractivity contribution in [2.75, 3.05) is 23.2 Å². The summed E-state index contributed by atoms with van der Waals surface area (Å²) >= 11 is 0. The minimum Gasteiger partial charge on any atom is -0.388 e. The lowest BCUT2D eigenvalue weighted by atomic mass is 10.3. The molecule has 2 aromatic rings. The minimum atomic E-state index is 0.989. The van der Waals surface area contributed by atoms with Gasteiger partial charge in [0.1, 0.15) is 0 Å². The Morgan fingerprint density at radius 3 is 2.24 bits per heavy atom. The molecule has 1 aromatic heterocycles. The highest BCUT2D eigenvalue weighted by Crippen LogP contribution is 2.12. The SMILES string of the molecule is CNc1ccc(NNc2n(C)cc[n+]2C)cc1. The zero-order valence-corrected chi connectivity index (χ0v) is 10.4. The molecule has 0 spiro atoms. The summed E-state index contributed by atoms with van der Waals surface area (Å²) in [7, 11) is 5.90. The molecular formula is C12H18N5+. The van der Waals surface area contributed by atoms with Crippen LogP contribution in [0.2, 0.25) is 0 Å². The summed E-state index contributed by atoms with van der Waals surface area (Å²) < 4.78 is 4.02. The number of aromatic nitrogens is 2. The Labute approximate surface area is 101 Å². The van der Waals surface area contributed by atoms with Crippen LogP contribution in [-0.2, 0) is 14.1 Å². The predicted molar refractivity (Wildman–Crippen MR) is 69.8 cm³/mol. The van der Waals surface area contributed by atoms with E-state index in [1.807, 2.05) is 66.9 Å². The number of rotatable bonds is 4. The largest absolute Gasteiger partial charge is 0.388 e. The monoisotopic (exact) mass is 232 g/mol. The fourth-order valence-electron chi connectivity index (χ4n) is 1.61. The number of nitrogens with zero attached hydrogens (tertiary/aromatic N) is 2. The molecule has 0 aliphatic heterocycles. The van der Waals surface area contributed by atoms with E-state index >= 15 is 0 Å². The second-order valence-electron chi connectivity index (χ2n) is 3.92. The third-order valence-electron chi connectivity index (χ3n) is 2.67. The maximum Gasteiger partial charge on any atom is 0.378 e. The van der Waals surface area contributed by atoms with Crippen molar-refractivity contribution in [3.8, 4) is 0 Å². The zero-order valence-electron chi connectivity index (χ0n) is 10.4. The first-order chi connectivity index (χ1) is 8.20. The topological polar surface area (TPSA) is 44.9 Å². The highest BCUT2D eigenvalue weighted by molar-refractivity contribution is 5.54. The van der Waals surface area contributed by atoms with Crippen molar-refractivity contribution in [3.05, 3.63) is 36.7 Å². The number of benzene rings is 1. The molecule has 1 aromatic carbocycles. The Bertz CT molecular complexity index is 467. The molecule has 0 atom stereocenters. The Hall–Kier alpha value is -2.17. The standard InChI is InChI=1S/C12H17N5/c1-13-10-4-6-11(7-5-10)14-15-12-16(2)8-9-17(12)3/h4-9,13-14H,1-3H3/p+1. The maximum absolute atomic E-state index is 3.17. The van der Waals surface area contributed by atoms with Crippen molar-refractivity contribution < 1.29 is 4.57 Å². The van der Waals surface area contributed by atoms with E-state index in [1.165, 1.54) is 0 Å². The van der Waals surface area contributed by atoms with Crippen molar-refractivity contribution in [3.63, 3.8) is 0 Å². The molecule has 3 N–H and O–H groups in total. The van der Waals surface area contributed by atoms with Crippen LogP contribution in [0.1, 0.15) is 0 Å². The van der Waals surface area contributed by atoms with Gasteiger partial charge < -0.3 is 5.32 Å². The molecular weight excluding hydrogens is 214 g/mol. The van der Waals surface area contributed by atoms with E-state index in [2.05, 4.69) is 16.2 Å². The average Bonchev–Trinajstić information content (AvgIpc) is 2.67. The first-order valence-electron chi connectivity index (χ1n) is 5.51. The van der Waals surface area contributed by atoms with E-state index in [0.717, 1.165) is 17.3 Å². The van der Waals surface area contributed by atoms with Crippen LogP contribution in [0.3, 0.4) is 0 Å². The number of hydrogen-bond donors (Lipinski definition) is 3. The Kier molecular flexibility index (Phi) is 3.18. The molecule has 5 nitrogen and oxygen atoms in total. The van der Waals surface area contributed by atoms with Crippen LogP contribution < -0.4 is 20.7 Å². The Balaban J connectivity index is 2.02. The summed E-state index contributed by atoms with van der Waals surface area (Å²) in [6.07, 6.45) is 3.99. The minimum absolute atomic E-state index is 0.989. The van der Waals surface area contributed by atoms with E-state index < -0.39 is 0 Å². The van der Waals surface area contributed by atoms with Gasteiger partial charge in [-0.25, -0.2) is 9.13 Å². The van der Waals surface area contributed by atoms with Crippen LogP contribution in [0.5, 0.6) is 0 Å². The molecule has 0 unspecified atom stereocenters. The fraction of sp³-hybridized carbons (Fsp3) is 0.250. The van der Waals surface area contributed by atoms with Gasteiger partial charge in [0.25, 0.3) is 0 Å². The molecule has 2 rings (SSSR count). The molecule has 17 heavy (non-hydrogen) atoms. The van der Waals surface area contributed by atoms with Crippen molar-refractivity contribution in [2.45, 2.75) is 0 Å². The van der Waals surface area contributed by atoms with Gasteiger partial charge in [-0.05, 0) is 24.3 Å².